The van der Waals surface area contributed by atoms with Gasteiger partial charge in [-0.2, -0.15) is 0 Å². The highest BCUT2D eigenvalue weighted by Crippen LogP contribution is 2.22. The number of carbonyl (C=O) groups is 2. The summed E-state index contributed by atoms with van der Waals surface area (Å²) in [6.45, 7) is 3.77. The Bertz CT molecular complexity index is 776. The highest BCUT2D eigenvalue weighted by atomic mass is 16.3. The molecule has 2 N–H and O–H groups in total. The first-order valence-corrected chi connectivity index (χ1v) is 9.49. The molecule has 1 aliphatic rings. The second kappa shape index (κ2) is 8.82. The van der Waals surface area contributed by atoms with Crippen LogP contribution in [0.4, 0.5) is 0 Å². The standard InChI is InChI=1S/C22H26N2O3/c1-16(25)17-4-6-18(7-5-17)19-8-10-20(11-9-19)22(27)23-13-12-21(26)24-14-2-3-15-24/h4-11,16,25H,2-3,12-15H2,1H3,(H,23,27). The van der Waals surface area contributed by atoms with Crippen LogP contribution in [0.2, 0.25) is 0 Å². The van der Waals surface area contributed by atoms with E-state index < -0.39 is 6.10 Å². The summed E-state index contributed by atoms with van der Waals surface area (Å²) >= 11 is 0. The van der Waals surface area contributed by atoms with E-state index in [1.807, 2.05) is 41.3 Å². The largest absolute Gasteiger partial charge is 0.389 e. The second-order valence-electron chi connectivity index (χ2n) is 6.97. The lowest BCUT2D eigenvalue weighted by molar-refractivity contribution is -0.129. The van der Waals surface area contributed by atoms with Gasteiger partial charge >= 0.3 is 0 Å². The van der Waals surface area contributed by atoms with Crippen LogP contribution in [0.3, 0.4) is 0 Å². The van der Waals surface area contributed by atoms with Crippen molar-refractivity contribution in [3.05, 3.63) is 59.7 Å². The van der Waals surface area contributed by atoms with E-state index in [0.717, 1.165) is 42.6 Å². The van der Waals surface area contributed by atoms with Crippen molar-refractivity contribution in [3.8, 4) is 11.1 Å². The molecule has 5 nitrogen and oxygen atoms in total. The van der Waals surface area contributed by atoms with Crippen LogP contribution in [0.5, 0.6) is 0 Å². The number of hydrogen-bond donors (Lipinski definition) is 2. The van der Waals surface area contributed by atoms with Crippen LogP contribution in [0.1, 0.15) is 48.2 Å². The molecule has 5 heteroatoms. The highest BCUT2D eigenvalue weighted by molar-refractivity contribution is 5.95. The van der Waals surface area contributed by atoms with E-state index in [1.54, 1.807) is 19.1 Å². The maximum absolute atomic E-state index is 12.3. The fraction of sp³-hybridized carbons (Fsp3) is 0.364. The molecule has 0 bridgehead atoms. The minimum Gasteiger partial charge on any atom is -0.389 e. The first kappa shape index (κ1) is 19.1. The van der Waals surface area contributed by atoms with E-state index in [9.17, 15) is 14.7 Å². The van der Waals surface area contributed by atoms with Crippen LogP contribution >= 0.6 is 0 Å². The molecule has 0 aliphatic carbocycles. The van der Waals surface area contributed by atoms with E-state index >= 15 is 0 Å². The van der Waals surface area contributed by atoms with E-state index in [0.29, 0.717) is 18.5 Å². The molecule has 1 aliphatic heterocycles. The monoisotopic (exact) mass is 366 g/mol. The number of amides is 2. The smallest absolute Gasteiger partial charge is 0.251 e. The number of hydrogen-bond acceptors (Lipinski definition) is 3. The predicted octanol–water partition coefficient (Wildman–Crippen LogP) is 3.15. The van der Waals surface area contributed by atoms with Crippen LogP contribution in [-0.4, -0.2) is 41.5 Å². The van der Waals surface area contributed by atoms with E-state index in [4.69, 9.17) is 0 Å². The first-order valence-electron chi connectivity index (χ1n) is 9.49. The van der Waals surface area contributed by atoms with Gasteiger partial charge in [-0.3, -0.25) is 9.59 Å². The van der Waals surface area contributed by atoms with Crippen molar-refractivity contribution in [2.24, 2.45) is 0 Å². The number of aliphatic hydroxyl groups is 1. The Hall–Kier alpha value is -2.66. The summed E-state index contributed by atoms with van der Waals surface area (Å²) in [7, 11) is 0. The van der Waals surface area contributed by atoms with Gasteiger partial charge in [0.2, 0.25) is 5.91 Å². The molecule has 0 aromatic heterocycles. The van der Waals surface area contributed by atoms with Gasteiger partial charge in [0.25, 0.3) is 5.91 Å². The van der Waals surface area contributed by atoms with Crippen molar-refractivity contribution in [1.82, 2.24) is 10.2 Å². The fourth-order valence-corrected chi connectivity index (χ4v) is 3.28. The Morgan fingerprint density at radius 3 is 2.11 bits per heavy atom. The Balaban J connectivity index is 1.53. The van der Waals surface area contributed by atoms with Gasteiger partial charge in [0, 0.05) is 31.6 Å². The molecular weight excluding hydrogens is 340 g/mol. The van der Waals surface area contributed by atoms with Gasteiger partial charge in [0.05, 0.1) is 6.10 Å². The number of nitrogens with zero attached hydrogens (tertiary/aromatic N) is 1. The zero-order valence-electron chi connectivity index (χ0n) is 15.6. The topological polar surface area (TPSA) is 69.6 Å². The normalized spacial score (nSPS) is 14.8. The van der Waals surface area contributed by atoms with Gasteiger partial charge < -0.3 is 15.3 Å². The van der Waals surface area contributed by atoms with Gasteiger partial charge in [0.1, 0.15) is 0 Å². The number of rotatable bonds is 6. The maximum atomic E-state index is 12.3. The molecule has 2 amide bonds. The van der Waals surface area contributed by atoms with Crippen molar-refractivity contribution >= 4 is 11.8 Å². The van der Waals surface area contributed by atoms with Crippen LogP contribution in [0.25, 0.3) is 11.1 Å². The third-order valence-electron chi connectivity index (χ3n) is 4.96. The van der Waals surface area contributed by atoms with Crippen LogP contribution in [0.15, 0.2) is 48.5 Å². The van der Waals surface area contributed by atoms with Crippen molar-refractivity contribution in [1.29, 1.82) is 0 Å². The van der Waals surface area contributed by atoms with Crippen molar-refractivity contribution in [2.75, 3.05) is 19.6 Å². The molecule has 1 atom stereocenters. The van der Waals surface area contributed by atoms with Crippen LogP contribution in [-0.2, 0) is 4.79 Å². The van der Waals surface area contributed by atoms with Crippen molar-refractivity contribution in [2.45, 2.75) is 32.3 Å². The molecule has 1 heterocycles. The summed E-state index contributed by atoms with van der Waals surface area (Å²) in [5.41, 5.74) is 3.49. The average molecular weight is 366 g/mol. The van der Waals surface area contributed by atoms with E-state index in [1.165, 1.54) is 0 Å². The zero-order valence-corrected chi connectivity index (χ0v) is 15.6. The molecule has 3 rings (SSSR count). The average Bonchev–Trinajstić information content (AvgIpc) is 3.23. The van der Waals surface area contributed by atoms with E-state index in [-0.39, 0.29) is 11.8 Å². The maximum Gasteiger partial charge on any atom is 0.251 e. The van der Waals surface area contributed by atoms with Crippen LogP contribution in [0, 0.1) is 0 Å². The lowest BCUT2D eigenvalue weighted by Gasteiger charge is -2.15. The van der Waals surface area contributed by atoms with Crippen LogP contribution < -0.4 is 5.32 Å². The van der Waals surface area contributed by atoms with Gasteiger partial charge in [-0.1, -0.05) is 36.4 Å². The molecule has 2 aromatic carbocycles. The molecule has 142 valence electrons. The summed E-state index contributed by atoms with van der Waals surface area (Å²) in [6, 6.07) is 15.1. The number of carbonyl (C=O) groups excluding carboxylic acids is 2. The third kappa shape index (κ3) is 4.95. The molecule has 1 fully saturated rings. The Morgan fingerprint density at radius 2 is 1.56 bits per heavy atom. The number of nitrogens with one attached hydrogen (secondary N) is 1. The molecule has 0 saturated carbocycles. The third-order valence-corrected chi connectivity index (χ3v) is 4.96. The van der Waals surface area contributed by atoms with Gasteiger partial charge in [-0.05, 0) is 48.6 Å². The Kier molecular flexibility index (Phi) is 6.24. The SMILES string of the molecule is CC(O)c1ccc(-c2ccc(C(=O)NCCC(=O)N3CCCC3)cc2)cc1. The predicted molar refractivity (Wildman–Crippen MR) is 105 cm³/mol. The summed E-state index contributed by atoms with van der Waals surface area (Å²) in [6.07, 6.45) is 2.01. The van der Waals surface area contributed by atoms with Gasteiger partial charge in [-0.15, -0.1) is 0 Å². The molecular formula is C22H26N2O3. The number of benzene rings is 2. The first-order chi connectivity index (χ1) is 13.0. The second-order valence-corrected chi connectivity index (χ2v) is 6.97. The molecule has 1 saturated heterocycles. The highest BCUT2D eigenvalue weighted by Gasteiger charge is 2.17. The quantitative estimate of drug-likeness (QED) is 0.825. The minimum absolute atomic E-state index is 0.115. The lowest BCUT2D eigenvalue weighted by atomic mass is 10.0. The van der Waals surface area contributed by atoms with Gasteiger partial charge in [0.15, 0.2) is 0 Å². The molecule has 2 aromatic rings. The van der Waals surface area contributed by atoms with E-state index in [2.05, 4.69) is 5.32 Å². The van der Waals surface area contributed by atoms with Crippen molar-refractivity contribution < 1.29 is 14.7 Å². The molecule has 1 unspecified atom stereocenters. The fourth-order valence-electron chi connectivity index (χ4n) is 3.28. The lowest BCUT2D eigenvalue weighted by Crippen LogP contribution is -2.32. The Morgan fingerprint density at radius 1 is 1.00 bits per heavy atom. The summed E-state index contributed by atoms with van der Waals surface area (Å²) < 4.78 is 0. The molecule has 0 spiro atoms. The van der Waals surface area contributed by atoms with Gasteiger partial charge in [-0.25, -0.2) is 0 Å². The summed E-state index contributed by atoms with van der Waals surface area (Å²) in [5.74, 6) is -0.0518. The minimum atomic E-state index is -0.484. The Labute approximate surface area is 160 Å². The molecule has 27 heavy (non-hydrogen) atoms. The number of likely N-dealkylation sites (tertiary alicyclic amines) is 1. The summed E-state index contributed by atoms with van der Waals surface area (Å²) in [4.78, 5) is 26.1. The summed E-state index contributed by atoms with van der Waals surface area (Å²) in [5, 5.41) is 12.4. The number of aliphatic hydroxyl groups excluding tert-OH is 1. The zero-order chi connectivity index (χ0) is 19.2. The molecule has 0 radical (unpaired) electrons. The van der Waals surface area contributed by atoms with Crippen molar-refractivity contribution in [3.63, 3.8) is 0 Å².